The van der Waals surface area contributed by atoms with Gasteiger partial charge in [-0.15, -0.1) is 11.3 Å². The summed E-state index contributed by atoms with van der Waals surface area (Å²) in [7, 11) is 0. The van der Waals surface area contributed by atoms with Crippen LogP contribution in [0.3, 0.4) is 0 Å². The van der Waals surface area contributed by atoms with Crippen LogP contribution in [0.25, 0.3) is 10.2 Å². The number of hydrogen-bond donors (Lipinski definition) is 3. The first kappa shape index (κ1) is 25.8. The topological polar surface area (TPSA) is 113 Å². The van der Waals surface area contributed by atoms with Gasteiger partial charge in [0.15, 0.2) is 0 Å². The van der Waals surface area contributed by atoms with Crippen LogP contribution < -0.4 is 25.6 Å². The first-order valence-electron chi connectivity index (χ1n) is 13.3. The summed E-state index contributed by atoms with van der Waals surface area (Å²) in [5.74, 6) is 1.01. The number of urea groups is 1. The van der Waals surface area contributed by atoms with Gasteiger partial charge in [-0.25, -0.2) is 9.78 Å². The van der Waals surface area contributed by atoms with Gasteiger partial charge in [-0.1, -0.05) is 31.0 Å². The largest absolute Gasteiger partial charge is 0.457 e. The molecule has 1 saturated carbocycles. The molecule has 6 rings (SSSR count). The molecule has 0 radical (unpaired) electrons. The summed E-state index contributed by atoms with van der Waals surface area (Å²) < 4.78 is 6.05. The number of para-hydroxylation sites is 1. The number of pyridine rings is 1. The van der Waals surface area contributed by atoms with Crippen molar-refractivity contribution in [3.05, 3.63) is 71.2 Å². The zero-order valence-corrected chi connectivity index (χ0v) is 23.0. The second-order valence-corrected chi connectivity index (χ2v) is 11.1. The third kappa shape index (κ3) is 4.86. The highest BCUT2D eigenvalue weighted by atomic mass is 32.1. The quantitative estimate of drug-likeness (QED) is 0.253. The Kier molecular flexibility index (Phi) is 6.85. The van der Waals surface area contributed by atoms with Gasteiger partial charge in [0.2, 0.25) is 5.91 Å². The molecular weight excluding hydrogens is 526 g/mol. The van der Waals surface area contributed by atoms with Crippen LogP contribution in [-0.2, 0) is 4.79 Å². The lowest BCUT2D eigenvalue weighted by Gasteiger charge is -2.40. The molecule has 3 N–H and O–H groups in total. The van der Waals surface area contributed by atoms with Crippen molar-refractivity contribution in [3.8, 4) is 11.5 Å². The Morgan fingerprint density at radius 1 is 1.05 bits per heavy atom. The molecule has 2 aliphatic rings. The van der Waals surface area contributed by atoms with E-state index in [2.05, 4.69) is 20.9 Å². The molecule has 0 saturated heterocycles. The number of carbonyl (C=O) groups is 3. The van der Waals surface area contributed by atoms with Gasteiger partial charge in [-0.05, 0) is 61.7 Å². The van der Waals surface area contributed by atoms with Gasteiger partial charge in [0, 0.05) is 24.8 Å². The van der Waals surface area contributed by atoms with E-state index in [1.807, 2.05) is 55.5 Å². The van der Waals surface area contributed by atoms with Gasteiger partial charge in [0.05, 0.1) is 22.8 Å². The van der Waals surface area contributed by atoms with Crippen LogP contribution in [-0.4, -0.2) is 34.9 Å². The van der Waals surface area contributed by atoms with Crippen LogP contribution in [0.1, 0.15) is 47.8 Å². The lowest BCUT2D eigenvalue weighted by atomic mass is 9.88. The third-order valence-electron chi connectivity index (χ3n) is 7.35. The van der Waals surface area contributed by atoms with Crippen LogP contribution in [0.5, 0.6) is 11.5 Å². The standard InChI is InChI=1S/C30H29N5O4S/c1-17-16-20(39-19-8-4-3-5-9-19)12-13-23(17)35(24-11-7-6-10-21(24)32-18(2)36)29(37)27-26-25-22(33-30(38)34-26)14-15-31-28(25)40-27/h3-5,8-9,12-16,21,24H,6-7,10-11H2,1-2H3,(H,32,36)(H2,33,34,38)/t21-,24+/m0/s1. The molecule has 0 spiro atoms. The average Bonchev–Trinajstić information content (AvgIpc) is 3.30. The van der Waals surface area contributed by atoms with Crippen molar-refractivity contribution in [3.63, 3.8) is 0 Å². The number of ether oxygens (including phenoxy) is 1. The van der Waals surface area contributed by atoms with E-state index < -0.39 is 6.03 Å². The lowest BCUT2D eigenvalue weighted by molar-refractivity contribution is -0.120. The van der Waals surface area contributed by atoms with Gasteiger partial charge < -0.3 is 25.6 Å². The van der Waals surface area contributed by atoms with Crippen LogP contribution in [0.15, 0.2) is 60.8 Å². The van der Waals surface area contributed by atoms with Gasteiger partial charge in [-0.3, -0.25) is 9.59 Å². The number of aromatic nitrogens is 1. The molecule has 1 aliphatic heterocycles. The monoisotopic (exact) mass is 555 g/mol. The maximum absolute atomic E-state index is 14.6. The maximum Gasteiger partial charge on any atom is 0.323 e. The van der Waals surface area contributed by atoms with E-state index >= 15 is 0 Å². The first-order valence-corrected chi connectivity index (χ1v) is 14.1. The maximum atomic E-state index is 14.6. The Balaban J connectivity index is 1.45. The first-order chi connectivity index (χ1) is 19.4. The van der Waals surface area contributed by atoms with Crippen molar-refractivity contribution in [2.24, 2.45) is 0 Å². The molecule has 2 aromatic heterocycles. The van der Waals surface area contributed by atoms with Crippen molar-refractivity contribution in [2.75, 3.05) is 15.5 Å². The van der Waals surface area contributed by atoms with Gasteiger partial charge in [0.25, 0.3) is 5.91 Å². The lowest BCUT2D eigenvalue weighted by Crippen LogP contribution is -2.55. The zero-order chi connectivity index (χ0) is 27.8. The number of rotatable bonds is 6. The summed E-state index contributed by atoms with van der Waals surface area (Å²) in [6, 6.07) is 16.0. The van der Waals surface area contributed by atoms with Crippen molar-refractivity contribution < 1.29 is 19.1 Å². The van der Waals surface area contributed by atoms with E-state index in [-0.39, 0.29) is 23.9 Å². The van der Waals surface area contributed by atoms with E-state index in [0.717, 1.165) is 48.1 Å². The predicted octanol–water partition coefficient (Wildman–Crippen LogP) is 6.45. The fraction of sp³-hybridized carbons (Fsp3) is 0.267. The van der Waals surface area contributed by atoms with E-state index in [9.17, 15) is 14.4 Å². The molecule has 3 heterocycles. The molecule has 0 bridgehead atoms. The van der Waals surface area contributed by atoms with Crippen molar-refractivity contribution >= 4 is 56.5 Å². The summed E-state index contributed by atoms with van der Waals surface area (Å²) in [6.07, 6.45) is 5.03. The Bertz CT molecular complexity index is 1620. The van der Waals surface area contributed by atoms with E-state index in [0.29, 0.717) is 26.8 Å². The Hall–Kier alpha value is -4.44. The molecule has 40 heavy (non-hydrogen) atoms. The molecule has 1 fully saturated rings. The van der Waals surface area contributed by atoms with Crippen LogP contribution in [0.4, 0.5) is 21.9 Å². The van der Waals surface area contributed by atoms with Gasteiger partial charge in [-0.2, -0.15) is 0 Å². The zero-order valence-electron chi connectivity index (χ0n) is 22.2. The smallest absolute Gasteiger partial charge is 0.323 e. The number of nitrogens with one attached hydrogen (secondary N) is 3. The van der Waals surface area contributed by atoms with Crippen molar-refractivity contribution in [2.45, 2.75) is 51.6 Å². The minimum Gasteiger partial charge on any atom is -0.457 e. The normalized spacial score (nSPS) is 18.0. The van der Waals surface area contributed by atoms with E-state index in [4.69, 9.17) is 4.74 Å². The summed E-state index contributed by atoms with van der Waals surface area (Å²) in [5.41, 5.74) is 2.67. The summed E-state index contributed by atoms with van der Waals surface area (Å²) >= 11 is 1.26. The molecule has 204 valence electrons. The Morgan fingerprint density at radius 2 is 1.85 bits per heavy atom. The minimum absolute atomic E-state index is 0.128. The molecule has 2 atom stereocenters. The van der Waals surface area contributed by atoms with Crippen LogP contribution >= 0.6 is 11.3 Å². The second-order valence-electron chi connectivity index (χ2n) is 10.1. The van der Waals surface area contributed by atoms with Crippen molar-refractivity contribution in [1.29, 1.82) is 0 Å². The highest BCUT2D eigenvalue weighted by Crippen LogP contribution is 2.43. The number of amides is 4. The number of hydrogen-bond acceptors (Lipinski definition) is 6. The van der Waals surface area contributed by atoms with Gasteiger partial charge >= 0.3 is 6.03 Å². The van der Waals surface area contributed by atoms with Gasteiger partial charge in [0.1, 0.15) is 21.2 Å². The number of anilines is 3. The molecule has 9 nitrogen and oxygen atoms in total. The van der Waals surface area contributed by atoms with E-state index in [1.54, 1.807) is 17.2 Å². The Morgan fingerprint density at radius 3 is 2.62 bits per heavy atom. The molecule has 1 aliphatic carbocycles. The molecule has 4 aromatic rings. The number of aryl methyl sites for hydroxylation is 1. The molecule has 2 aromatic carbocycles. The number of nitrogens with zero attached hydrogens (tertiary/aromatic N) is 2. The van der Waals surface area contributed by atoms with Crippen LogP contribution in [0, 0.1) is 6.92 Å². The highest BCUT2D eigenvalue weighted by molar-refractivity contribution is 7.21. The summed E-state index contributed by atoms with van der Waals surface area (Å²) in [6.45, 7) is 3.45. The summed E-state index contributed by atoms with van der Waals surface area (Å²) in [4.78, 5) is 46.5. The number of benzene rings is 2. The molecule has 0 unspecified atom stereocenters. The highest BCUT2D eigenvalue weighted by Gasteiger charge is 2.38. The number of carbonyl (C=O) groups excluding carboxylic acids is 3. The van der Waals surface area contributed by atoms with Crippen LogP contribution in [0.2, 0.25) is 0 Å². The fourth-order valence-electron chi connectivity index (χ4n) is 5.65. The predicted molar refractivity (Wildman–Crippen MR) is 157 cm³/mol. The van der Waals surface area contributed by atoms with E-state index in [1.165, 1.54) is 18.3 Å². The SMILES string of the molecule is CC(=O)N[C@H]1CCCC[C@H]1N(C(=O)c1sc2nccc3c2c1NC(=O)N3)c1ccc(Oc2ccccc2)cc1C. The third-order valence-corrected chi connectivity index (χ3v) is 8.43. The fourth-order valence-corrected chi connectivity index (χ4v) is 6.71. The second kappa shape index (κ2) is 10.6. The molecular formula is C30H29N5O4S. The minimum atomic E-state index is -0.397. The average molecular weight is 556 g/mol. The summed E-state index contributed by atoms with van der Waals surface area (Å²) in [5, 5.41) is 9.45. The molecule has 4 amide bonds. The molecule has 10 heteroatoms. The van der Waals surface area contributed by atoms with Crippen molar-refractivity contribution in [1.82, 2.24) is 10.3 Å². The number of thiophene rings is 1. The Labute approximate surface area is 235 Å².